The van der Waals surface area contributed by atoms with E-state index in [1.807, 2.05) is 6.92 Å². The fraction of sp³-hybridized carbons (Fsp3) is 0.600. The van der Waals surface area contributed by atoms with E-state index in [9.17, 15) is 9.90 Å². The molecule has 1 saturated carbocycles. The van der Waals surface area contributed by atoms with Crippen molar-refractivity contribution in [1.82, 2.24) is 10.3 Å². The molecule has 1 fully saturated rings. The van der Waals surface area contributed by atoms with E-state index in [4.69, 9.17) is 0 Å². The molecule has 5 heteroatoms. The summed E-state index contributed by atoms with van der Waals surface area (Å²) < 4.78 is 0. The van der Waals surface area contributed by atoms with Crippen molar-refractivity contribution >= 4 is 17.2 Å². The number of thiazole rings is 1. The Bertz CT molecular complexity index is 366. The number of carbonyl (C=O) groups is 1. The maximum atomic E-state index is 11.7. The van der Waals surface area contributed by atoms with E-state index in [-0.39, 0.29) is 18.1 Å². The molecule has 1 aromatic heterocycles. The maximum absolute atomic E-state index is 11.7. The van der Waals surface area contributed by atoms with Gasteiger partial charge < -0.3 is 10.4 Å². The third-order valence-corrected chi connectivity index (χ3v) is 3.62. The summed E-state index contributed by atoms with van der Waals surface area (Å²) in [6.07, 6.45) is 2.79. The first-order valence-corrected chi connectivity index (χ1v) is 5.89. The van der Waals surface area contributed by atoms with Crippen LogP contribution < -0.4 is 5.32 Å². The van der Waals surface area contributed by atoms with Gasteiger partial charge in [-0.1, -0.05) is 0 Å². The van der Waals surface area contributed by atoms with Crippen LogP contribution in [-0.2, 0) is 0 Å². The molecule has 1 aliphatic rings. The summed E-state index contributed by atoms with van der Waals surface area (Å²) >= 11 is 1.46. The van der Waals surface area contributed by atoms with E-state index in [1.54, 1.807) is 5.38 Å². The molecule has 1 aromatic rings. The second kappa shape index (κ2) is 3.90. The van der Waals surface area contributed by atoms with Gasteiger partial charge in [0.05, 0.1) is 17.2 Å². The Morgan fingerprint density at radius 3 is 2.87 bits per heavy atom. The van der Waals surface area contributed by atoms with E-state index in [0.29, 0.717) is 5.69 Å². The predicted octanol–water partition coefficient (Wildman–Crippen LogP) is 1.10. The summed E-state index contributed by atoms with van der Waals surface area (Å²) in [5.41, 5.74) is 0.0754. The Morgan fingerprint density at radius 2 is 2.47 bits per heavy atom. The number of hydrogen-bond acceptors (Lipinski definition) is 4. The summed E-state index contributed by atoms with van der Waals surface area (Å²) in [7, 11) is 0. The summed E-state index contributed by atoms with van der Waals surface area (Å²) in [6.45, 7) is 1.88. The number of aliphatic hydroxyl groups is 1. The zero-order valence-electron chi connectivity index (χ0n) is 8.62. The van der Waals surface area contributed by atoms with Gasteiger partial charge in [0.25, 0.3) is 5.91 Å². The molecule has 1 heterocycles. The molecule has 0 bridgehead atoms. The van der Waals surface area contributed by atoms with Gasteiger partial charge in [0.15, 0.2) is 0 Å². The van der Waals surface area contributed by atoms with E-state index in [0.717, 1.165) is 24.3 Å². The lowest BCUT2D eigenvalue weighted by molar-refractivity contribution is 0.0638. The first kappa shape index (κ1) is 10.6. The molecule has 0 spiro atoms. The number of aryl methyl sites for hydroxylation is 1. The van der Waals surface area contributed by atoms with Gasteiger partial charge in [-0.25, -0.2) is 4.98 Å². The quantitative estimate of drug-likeness (QED) is 0.811. The number of hydrogen-bond donors (Lipinski definition) is 2. The standard InChI is InChI=1S/C10H14N2O2S/c1-7-11-8(5-15-7)9(14)12-10(6-13)3-2-4-10/h5,13H,2-4,6H2,1H3,(H,12,14). The SMILES string of the molecule is Cc1nc(C(=O)NC2(CO)CCC2)cs1. The third-order valence-electron chi connectivity index (χ3n) is 2.84. The molecular weight excluding hydrogens is 212 g/mol. The second-order valence-corrected chi connectivity index (χ2v) is 5.06. The minimum absolute atomic E-state index is 0.0157. The lowest BCUT2D eigenvalue weighted by atomic mass is 9.77. The van der Waals surface area contributed by atoms with Crippen LogP contribution in [0.5, 0.6) is 0 Å². The minimum atomic E-state index is -0.380. The van der Waals surface area contributed by atoms with Gasteiger partial charge in [0.2, 0.25) is 0 Å². The van der Waals surface area contributed by atoms with Crippen molar-refractivity contribution in [3.63, 3.8) is 0 Å². The van der Waals surface area contributed by atoms with Crippen molar-refractivity contribution in [2.75, 3.05) is 6.61 Å². The molecule has 1 amide bonds. The normalized spacial score (nSPS) is 18.3. The zero-order chi connectivity index (χ0) is 10.9. The summed E-state index contributed by atoms with van der Waals surface area (Å²) in [5.74, 6) is -0.173. The van der Waals surface area contributed by atoms with Crippen LogP contribution in [0.15, 0.2) is 5.38 Å². The Morgan fingerprint density at radius 1 is 1.73 bits per heavy atom. The summed E-state index contributed by atoms with van der Waals surface area (Å²) in [6, 6.07) is 0. The number of nitrogens with one attached hydrogen (secondary N) is 1. The Kier molecular flexibility index (Phi) is 2.75. The van der Waals surface area contributed by atoms with Gasteiger partial charge in [-0.05, 0) is 26.2 Å². The maximum Gasteiger partial charge on any atom is 0.271 e. The number of aliphatic hydroxyl groups excluding tert-OH is 1. The number of rotatable bonds is 3. The van der Waals surface area contributed by atoms with Gasteiger partial charge in [-0.15, -0.1) is 11.3 Å². The average molecular weight is 226 g/mol. The van der Waals surface area contributed by atoms with Crippen LogP contribution in [-0.4, -0.2) is 28.1 Å². The average Bonchev–Trinajstić information content (AvgIpc) is 2.58. The molecule has 0 saturated heterocycles. The van der Waals surface area contributed by atoms with Gasteiger partial charge in [-0.3, -0.25) is 4.79 Å². The van der Waals surface area contributed by atoms with E-state index in [2.05, 4.69) is 10.3 Å². The molecule has 0 aromatic carbocycles. The summed E-state index contributed by atoms with van der Waals surface area (Å²) in [4.78, 5) is 15.9. The molecule has 2 N–H and O–H groups in total. The Hall–Kier alpha value is -0.940. The molecule has 4 nitrogen and oxygen atoms in total. The van der Waals surface area contributed by atoms with E-state index >= 15 is 0 Å². The molecule has 0 radical (unpaired) electrons. The number of aromatic nitrogens is 1. The first-order valence-electron chi connectivity index (χ1n) is 5.01. The topological polar surface area (TPSA) is 62.2 Å². The highest BCUT2D eigenvalue weighted by Crippen LogP contribution is 2.31. The fourth-order valence-electron chi connectivity index (χ4n) is 1.70. The van der Waals surface area contributed by atoms with Crippen molar-refractivity contribution in [1.29, 1.82) is 0 Å². The molecule has 82 valence electrons. The fourth-order valence-corrected chi connectivity index (χ4v) is 2.29. The zero-order valence-corrected chi connectivity index (χ0v) is 9.43. The van der Waals surface area contributed by atoms with Crippen molar-refractivity contribution in [2.24, 2.45) is 0 Å². The molecule has 0 atom stereocenters. The van der Waals surface area contributed by atoms with Gasteiger partial charge in [-0.2, -0.15) is 0 Å². The molecule has 0 unspecified atom stereocenters. The minimum Gasteiger partial charge on any atom is -0.394 e. The summed E-state index contributed by atoms with van der Waals surface area (Å²) in [5, 5.41) is 14.7. The van der Waals surface area contributed by atoms with E-state index in [1.165, 1.54) is 11.3 Å². The van der Waals surface area contributed by atoms with Crippen LogP contribution >= 0.6 is 11.3 Å². The van der Waals surface area contributed by atoms with Crippen molar-refractivity contribution in [2.45, 2.75) is 31.7 Å². The van der Waals surface area contributed by atoms with Crippen LogP contribution in [0.3, 0.4) is 0 Å². The monoisotopic (exact) mass is 226 g/mol. The third kappa shape index (κ3) is 2.03. The van der Waals surface area contributed by atoms with Gasteiger partial charge >= 0.3 is 0 Å². The van der Waals surface area contributed by atoms with Gasteiger partial charge in [0, 0.05) is 5.38 Å². The highest BCUT2D eigenvalue weighted by Gasteiger charge is 2.38. The second-order valence-electron chi connectivity index (χ2n) is 4.00. The molecular formula is C10H14N2O2S. The van der Waals surface area contributed by atoms with Crippen LogP contribution in [0.1, 0.15) is 34.8 Å². The Labute approximate surface area is 92.3 Å². The molecule has 15 heavy (non-hydrogen) atoms. The smallest absolute Gasteiger partial charge is 0.271 e. The largest absolute Gasteiger partial charge is 0.394 e. The lowest BCUT2D eigenvalue weighted by Gasteiger charge is -2.40. The van der Waals surface area contributed by atoms with Crippen LogP contribution in [0.2, 0.25) is 0 Å². The number of carbonyl (C=O) groups excluding carboxylic acids is 1. The number of nitrogens with zero attached hydrogens (tertiary/aromatic N) is 1. The van der Waals surface area contributed by atoms with Crippen molar-refractivity contribution < 1.29 is 9.90 Å². The Balaban J connectivity index is 2.03. The highest BCUT2D eigenvalue weighted by atomic mass is 32.1. The van der Waals surface area contributed by atoms with Crippen LogP contribution in [0, 0.1) is 6.92 Å². The highest BCUT2D eigenvalue weighted by molar-refractivity contribution is 7.09. The first-order chi connectivity index (χ1) is 7.15. The predicted molar refractivity (Wildman–Crippen MR) is 58.0 cm³/mol. The van der Waals surface area contributed by atoms with Crippen molar-refractivity contribution in [3.8, 4) is 0 Å². The van der Waals surface area contributed by atoms with Gasteiger partial charge in [0.1, 0.15) is 5.69 Å². The number of amides is 1. The molecule has 1 aliphatic carbocycles. The molecule has 2 rings (SSSR count). The lowest BCUT2D eigenvalue weighted by Crippen LogP contribution is -2.56. The molecule has 0 aliphatic heterocycles. The van der Waals surface area contributed by atoms with Crippen LogP contribution in [0.4, 0.5) is 0 Å². The van der Waals surface area contributed by atoms with Crippen LogP contribution in [0.25, 0.3) is 0 Å². The van der Waals surface area contributed by atoms with Crippen molar-refractivity contribution in [3.05, 3.63) is 16.1 Å². The van der Waals surface area contributed by atoms with E-state index < -0.39 is 0 Å².